The van der Waals surface area contributed by atoms with Crippen molar-refractivity contribution < 1.29 is 46.5 Å². The van der Waals surface area contributed by atoms with Crippen molar-refractivity contribution in [3.05, 3.63) is 0 Å². The van der Waals surface area contributed by atoms with Gasteiger partial charge in [-0.2, -0.15) is 0 Å². The minimum atomic E-state index is -1.52. The number of hydrogen-bond acceptors (Lipinski definition) is 7. The predicted octanol–water partition coefficient (Wildman–Crippen LogP) is -4.08. The van der Waals surface area contributed by atoms with Crippen molar-refractivity contribution in [3.63, 3.8) is 0 Å². The fourth-order valence-electron chi connectivity index (χ4n) is 0.516. The van der Waals surface area contributed by atoms with Crippen molar-refractivity contribution in [2.24, 2.45) is 11.5 Å². The van der Waals surface area contributed by atoms with Crippen molar-refractivity contribution in [2.75, 3.05) is 13.1 Å². The van der Waals surface area contributed by atoms with Crippen molar-refractivity contribution in [1.29, 1.82) is 0 Å². The fraction of sp³-hybridized carbons (Fsp3) is 0.286. The minimum absolute atomic E-state index is 0. The van der Waals surface area contributed by atoms with Crippen molar-refractivity contribution >= 4 is 28.9 Å². The fourth-order valence-corrected chi connectivity index (χ4v) is 0.516. The second kappa shape index (κ2) is 9.01. The molecule has 1 radical (unpaired) electrons. The van der Waals surface area contributed by atoms with Crippen LogP contribution >= 0.6 is 0 Å². The third kappa shape index (κ3) is 4.51. The Kier molecular flexibility index (Phi) is 11.4. The molecule has 1 rings (SSSR count). The quantitative estimate of drug-likeness (QED) is 0.363. The van der Waals surface area contributed by atoms with Gasteiger partial charge in [-0.25, -0.2) is 0 Å². The summed E-state index contributed by atoms with van der Waals surface area (Å²) in [7, 11) is 0. The van der Waals surface area contributed by atoms with E-state index in [1.807, 2.05) is 0 Å². The first-order valence-electron chi connectivity index (χ1n) is 3.59. The zero-order valence-corrected chi connectivity index (χ0v) is 8.85. The van der Waals surface area contributed by atoms with E-state index < -0.39 is 28.9 Å². The van der Waals surface area contributed by atoms with Gasteiger partial charge in [0.25, 0.3) is 28.9 Å². The van der Waals surface area contributed by atoms with Gasteiger partial charge in [0.15, 0.2) is 0 Å². The Bertz CT molecular complexity index is 235. The van der Waals surface area contributed by atoms with E-state index in [1.165, 1.54) is 0 Å². The van der Waals surface area contributed by atoms with Gasteiger partial charge in [-0.05, 0) is 0 Å². The number of hydrogen-bond donors (Lipinski definition) is 2. The first-order valence-corrected chi connectivity index (χ1v) is 3.59. The van der Waals surface area contributed by atoms with Gasteiger partial charge in [-0.1, -0.05) is 0 Å². The summed E-state index contributed by atoms with van der Waals surface area (Å²) >= 11 is 0. The van der Waals surface area contributed by atoms with Crippen molar-refractivity contribution in [3.8, 4) is 0 Å². The van der Waals surface area contributed by atoms with Crippen LogP contribution in [-0.2, 0) is 41.0 Å². The predicted molar refractivity (Wildman–Crippen MR) is 46.8 cm³/mol. The van der Waals surface area contributed by atoms with Crippen LogP contribution in [0.5, 0.6) is 0 Å². The summed E-state index contributed by atoms with van der Waals surface area (Å²) in [6.07, 6.45) is 0. The molecule has 0 unspecified atom stereocenters. The van der Waals surface area contributed by atoms with Gasteiger partial charge in [-0.3, -0.25) is 24.0 Å². The van der Waals surface area contributed by atoms with Gasteiger partial charge in [0.05, 0.1) is 0 Å². The average molecular weight is 282 g/mol. The van der Waals surface area contributed by atoms with Gasteiger partial charge in [-0.15, -0.1) is 0 Å². The first-order chi connectivity index (χ1) is 6.47. The topological polar surface area (TPSA) is 169 Å². The molecule has 1 fully saturated rings. The molecule has 0 amide bonds. The molecular weight excluding hydrogens is 272 g/mol. The summed E-state index contributed by atoms with van der Waals surface area (Å²) in [4.78, 5) is 50.9. The summed E-state index contributed by atoms with van der Waals surface area (Å²) < 4.78 is 0. The van der Waals surface area contributed by atoms with Crippen LogP contribution in [0, 0.1) is 0 Å². The Morgan fingerprint density at radius 2 is 0.750 bits per heavy atom. The Morgan fingerprint density at radius 3 is 0.812 bits per heavy atom. The van der Waals surface area contributed by atoms with Crippen LogP contribution < -0.4 is 11.5 Å². The molecule has 0 atom stereocenters. The molecule has 0 bridgehead atoms. The van der Waals surface area contributed by atoms with Crippen LogP contribution in [0.15, 0.2) is 0 Å². The summed E-state index contributed by atoms with van der Waals surface area (Å²) in [6.45, 7) is 1.19. The van der Waals surface area contributed by atoms with E-state index in [-0.39, 0.29) is 22.5 Å². The average Bonchev–Trinajstić information content (AvgIpc) is 2.37. The van der Waals surface area contributed by atoms with E-state index in [2.05, 4.69) is 0 Å². The molecular formula is C7H10CuN2O6. The van der Waals surface area contributed by atoms with Crippen LogP contribution in [-0.4, -0.2) is 47.5 Å². The largest absolute Gasteiger partial charge is 0.412 e. The Balaban J connectivity index is -0.000000249. The van der Waals surface area contributed by atoms with Gasteiger partial charge >= 0.3 is 0 Å². The standard InChI is InChI=1S/C5O5.C2H8N2.Cu.H2O/c6-1-2(7)4(9)5(10)3(1)8;3-1-2-4;;/h;1-4H2;;1H2. The maximum absolute atomic E-state index is 10.2. The summed E-state index contributed by atoms with van der Waals surface area (Å²) in [5, 5.41) is 0. The number of ketones is 5. The van der Waals surface area contributed by atoms with Crippen LogP contribution in [0.25, 0.3) is 0 Å². The second-order valence-electron chi connectivity index (χ2n) is 2.22. The maximum Gasteiger partial charge on any atom is 0.281 e. The molecule has 8 nitrogen and oxygen atoms in total. The van der Waals surface area contributed by atoms with E-state index in [4.69, 9.17) is 11.5 Å². The maximum atomic E-state index is 10.2. The van der Waals surface area contributed by atoms with Gasteiger partial charge < -0.3 is 16.9 Å². The molecule has 0 aromatic rings. The summed E-state index contributed by atoms with van der Waals surface area (Å²) in [5.74, 6) is -7.59. The summed E-state index contributed by atoms with van der Waals surface area (Å²) in [5.41, 5.74) is 9.81. The zero-order valence-electron chi connectivity index (χ0n) is 7.91. The molecule has 9 heteroatoms. The number of rotatable bonds is 1. The molecule has 0 aromatic heterocycles. The van der Waals surface area contributed by atoms with Crippen LogP contribution in [0.4, 0.5) is 0 Å². The summed E-state index contributed by atoms with van der Waals surface area (Å²) in [6, 6.07) is 0. The normalized spacial score (nSPS) is 13.8. The smallest absolute Gasteiger partial charge is 0.281 e. The third-order valence-corrected chi connectivity index (χ3v) is 1.20. The van der Waals surface area contributed by atoms with Crippen LogP contribution in [0.3, 0.4) is 0 Å². The van der Waals surface area contributed by atoms with E-state index >= 15 is 0 Å². The molecule has 6 N–H and O–H groups in total. The van der Waals surface area contributed by atoms with Crippen LogP contribution in [0.1, 0.15) is 0 Å². The molecule has 0 saturated heterocycles. The number of Topliss-reactive ketones (excluding diaryl/α,β-unsaturated/α-hetero) is 5. The zero-order chi connectivity index (χ0) is 11.3. The van der Waals surface area contributed by atoms with Crippen LogP contribution in [0.2, 0.25) is 0 Å². The van der Waals surface area contributed by atoms with Gasteiger partial charge in [0.1, 0.15) is 0 Å². The van der Waals surface area contributed by atoms with E-state index in [9.17, 15) is 24.0 Å². The SMILES string of the molecule is NCCN.O.O=C1C(=O)C(=O)C(=O)C1=O.[Cu]. The molecule has 0 heterocycles. The molecule has 0 spiro atoms. The monoisotopic (exact) mass is 281 g/mol. The minimum Gasteiger partial charge on any atom is -0.412 e. The van der Waals surface area contributed by atoms with E-state index in [0.717, 1.165) is 0 Å². The van der Waals surface area contributed by atoms with Crippen molar-refractivity contribution in [1.82, 2.24) is 0 Å². The van der Waals surface area contributed by atoms with Gasteiger partial charge in [0, 0.05) is 30.2 Å². The van der Waals surface area contributed by atoms with Crippen molar-refractivity contribution in [2.45, 2.75) is 0 Å². The first kappa shape index (κ1) is 20.2. The third-order valence-electron chi connectivity index (χ3n) is 1.20. The molecule has 95 valence electrons. The van der Waals surface area contributed by atoms with E-state index in [1.54, 1.807) is 0 Å². The Morgan fingerprint density at radius 1 is 0.625 bits per heavy atom. The molecule has 1 aliphatic carbocycles. The molecule has 0 aromatic carbocycles. The number of nitrogens with two attached hydrogens (primary N) is 2. The Hall–Kier alpha value is -1.25. The van der Waals surface area contributed by atoms with E-state index in [0.29, 0.717) is 13.1 Å². The Labute approximate surface area is 100 Å². The molecule has 16 heavy (non-hydrogen) atoms. The molecule has 1 aliphatic rings. The molecule has 1 saturated carbocycles. The number of carbonyl (C=O) groups is 5. The second-order valence-corrected chi connectivity index (χ2v) is 2.22. The number of carbonyl (C=O) groups excluding carboxylic acids is 5. The van der Waals surface area contributed by atoms with Gasteiger partial charge in [0.2, 0.25) is 0 Å². The molecule has 0 aliphatic heterocycles.